The number of nitrogens with zero attached hydrogens (tertiary/aromatic N) is 1. The number of amides is 1. The molecule has 1 aliphatic rings. The van der Waals surface area contributed by atoms with Crippen LogP contribution in [0.25, 0.3) is 0 Å². The maximum atomic E-state index is 13.4. The second-order valence-corrected chi connectivity index (χ2v) is 9.51. The Kier molecular flexibility index (Phi) is 8.46. The Bertz CT molecular complexity index is 974. The molecule has 1 saturated carbocycles. The molecule has 7 nitrogen and oxygen atoms in total. The van der Waals surface area contributed by atoms with Crippen molar-refractivity contribution in [1.29, 1.82) is 0 Å². The number of carbonyl (C=O) groups excluding carboxylic acids is 1. The molecule has 0 spiro atoms. The topological polar surface area (TPSA) is 84.9 Å². The van der Waals surface area contributed by atoms with Crippen molar-refractivity contribution in [2.24, 2.45) is 0 Å². The van der Waals surface area contributed by atoms with Crippen LogP contribution in [0.2, 0.25) is 0 Å². The minimum atomic E-state index is -4.06. The van der Waals surface area contributed by atoms with Crippen molar-refractivity contribution in [2.75, 3.05) is 31.1 Å². The van der Waals surface area contributed by atoms with E-state index in [2.05, 4.69) is 5.32 Å². The van der Waals surface area contributed by atoms with E-state index in [9.17, 15) is 17.6 Å². The van der Waals surface area contributed by atoms with Gasteiger partial charge in [-0.1, -0.05) is 12.8 Å². The number of anilines is 1. The monoisotopic (exact) mass is 464 g/mol. The van der Waals surface area contributed by atoms with E-state index in [-0.39, 0.29) is 10.6 Å². The summed E-state index contributed by atoms with van der Waals surface area (Å²) >= 11 is 0. The summed E-state index contributed by atoms with van der Waals surface area (Å²) in [6, 6.07) is 10.8. The van der Waals surface area contributed by atoms with Gasteiger partial charge in [-0.3, -0.25) is 9.10 Å². The first-order valence-electron chi connectivity index (χ1n) is 10.7. The number of carbonyl (C=O) groups is 1. The highest BCUT2D eigenvalue weighted by molar-refractivity contribution is 7.92. The van der Waals surface area contributed by atoms with Crippen LogP contribution in [0.1, 0.15) is 32.1 Å². The van der Waals surface area contributed by atoms with Gasteiger partial charge >= 0.3 is 0 Å². The first-order valence-corrected chi connectivity index (χ1v) is 12.1. The molecule has 0 bridgehead atoms. The summed E-state index contributed by atoms with van der Waals surface area (Å²) in [5.41, 5.74) is 0.196. The van der Waals surface area contributed by atoms with Crippen LogP contribution in [0.5, 0.6) is 5.75 Å². The number of hydrogen-bond acceptors (Lipinski definition) is 5. The van der Waals surface area contributed by atoms with Crippen molar-refractivity contribution in [3.63, 3.8) is 0 Å². The Morgan fingerprint density at radius 2 is 1.75 bits per heavy atom. The van der Waals surface area contributed by atoms with Crippen molar-refractivity contribution < 1.29 is 27.1 Å². The van der Waals surface area contributed by atoms with Crippen molar-refractivity contribution in [1.82, 2.24) is 5.32 Å². The minimum Gasteiger partial charge on any atom is -0.497 e. The van der Waals surface area contributed by atoms with Crippen LogP contribution in [-0.4, -0.2) is 47.2 Å². The summed E-state index contributed by atoms with van der Waals surface area (Å²) < 4.78 is 51.8. The molecule has 0 aromatic heterocycles. The maximum Gasteiger partial charge on any atom is 0.264 e. The van der Waals surface area contributed by atoms with Gasteiger partial charge in [-0.05, 0) is 67.8 Å². The summed E-state index contributed by atoms with van der Waals surface area (Å²) in [4.78, 5) is 12.5. The molecule has 0 unspecified atom stereocenters. The van der Waals surface area contributed by atoms with Crippen LogP contribution < -0.4 is 14.4 Å². The fourth-order valence-corrected chi connectivity index (χ4v) is 5.01. The third-order valence-corrected chi connectivity index (χ3v) is 7.14. The fourth-order valence-electron chi connectivity index (χ4n) is 3.59. The van der Waals surface area contributed by atoms with Crippen molar-refractivity contribution in [3.05, 3.63) is 54.3 Å². The van der Waals surface area contributed by atoms with Crippen LogP contribution in [0.3, 0.4) is 0 Å². The lowest BCUT2D eigenvalue weighted by molar-refractivity contribution is -0.119. The van der Waals surface area contributed by atoms with Crippen molar-refractivity contribution in [3.8, 4) is 5.75 Å². The number of rotatable bonds is 11. The standard InChI is InChI=1S/C23H29FN2O5S/c1-30-20-11-13-22(14-12-20)32(28,29)26(19-9-7-18(24)8-10-19)17-23(27)25-15-4-16-31-21-5-2-3-6-21/h7-14,21H,2-6,15-17H2,1H3,(H,25,27). The van der Waals surface area contributed by atoms with Gasteiger partial charge in [-0.25, -0.2) is 12.8 Å². The summed E-state index contributed by atoms with van der Waals surface area (Å²) in [6.07, 6.45) is 5.52. The fraction of sp³-hybridized carbons (Fsp3) is 0.435. The lowest BCUT2D eigenvalue weighted by atomic mass is 10.3. The Hall–Kier alpha value is -2.65. The molecule has 2 aromatic rings. The van der Waals surface area contributed by atoms with Gasteiger partial charge < -0.3 is 14.8 Å². The smallest absolute Gasteiger partial charge is 0.264 e. The van der Waals surface area contributed by atoms with E-state index in [0.717, 1.165) is 29.3 Å². The Labute approximate surface area is 188 Å². The summed E-state index contributed by atoms with van der Waals surface area (Å²) in [6.45, 7) is 0.506. The van der Waals surface area contributed by atoms with Gasteiger partial charge in [0.1, 0.15) is 18.1 Å². The van der Waals surface area contributed by atoms with E-state index in [1.54, 1.807) is 0 Å². The van der Waals surface area contributed by atoms with Gasteiger partial charge in [-0.15, -0.1) is 0 Å². The molecule has 32 heavy (non-hydrogen) atoms. The number of hydrogen-bond donors (Lipinski definition) is 1. The van der Waals surface area contributed by atoms with Gasteiger partial charge in [0.25, 0.3) is 10.0 Å². The van der Waals surface area contributed by atoms with Gasteiger partial charge in [0.15, 0.2) is 0 Å². The molecule has 2 aromatic carbocycles. The molecule has 0 saturated heterocycles. The predicted molar refractivity (Wildman–Crippen MR) is 120 cm³/mol. The second kappa shape index (κ2) is 11.3. The average Bonchev–Trinajstić information content (AvgIpc) is 3.31. The lowest BCUT2D eigenvalue weighted by Crippen LogP contribution is -2.41. The highest BCUT2D eigenvalue weighted by Crippen LogP contribution is 2.25. The van der Waals surface area contributed by atoms with Crippen LogP contribution in [0.4, 0.5) is 10.1 Å². The van der Waals surface area contributed by atoms with Crippen LogP contribution in [0.15, 0.2) is 53.4 Å². The quantitative estimate of drug-likeness (QED) is 0.515. The average molecular weight is 465 g/mol. The molecule has 174 valence electrons. The maximum absolute atomic E-state index is 13.4. The third-order valence-electron chi connectivity index (χ3n) is 5.35. The van der Waals surface area contributed by atoms with Crippen LogP contribution in [0, 0.1) is 5.82 Å². The molecule has 0 radical (unpaired) electrons. The second-order valence-electron chi connectivity index (χ2n) is 7.64. The number of sulfonamides is 1. The molecule has 3 rings (SSSR count). The zero-order valence-corrected chi connectivity index (χ0v) is 18.9. The van der Waals surface area contributed by atoms with Gasteiger partial charge in [-0.2, -0.15) is 0 Å². The van der Waals surface area contributed by atoms with Crippen LogP contribution >= 0.6 is 0 Å². The van der Waals surface area contributed by atoms with Gasteiger partial charge in [0.2, 0.25) is 5.91 Å². The molecule has 0 aliphatic heterocycles. The molecule has 1 amide bonds. The Morgan fingerprint density at radius 1 is 1.09 bits per heavy atom. The van der Waals surface area contributed by atoms with Crippen molar-refractivity contribution >= 4 is 21.6 Å². The minimum absolute atomic E-state index is 0.000360. The molecule has 0 atom stereocenters. The molecule has 9 heteroatoms. The SMILES string of the molecule is COc1ccc(S(=O)(=O)N(CC(=O)NCCCOC2CCCC2)c2ccc(F)cc2)cc1. The first-order chi connectivity index (χ1) is 15.4. The zero-order chi connectivity index (χ0) is 23.0. The van der Waals surface area contributed by atoms with Crippen molar-refractivity contribution in [2.45, 2.75) is 43.1 Å². The summed E-state index contributed by atoms with van der Waals surface area (Å²) in [7, 11) is -2.58. The number of halogens is 1. The van der Waals surface area contributed by atoms with E-state index in [0.29, 0.717) is 31.4 Å². The van der Waals surface area contributed by atoms with E-state index in [1.807, 2.05) is 0 Å². The van der Waals surface area contributed by atoms with Crippen LogP contribution in [-0.2, 0) is 19.6 Å². The van der Waals surface area contributed by atoms with E-state index in [4.69, 9.17) is 9.47 Å². The highest BCUT2D eigenvalue weighted by atomic mass is 32.2. The molecule has 1 N–H and O–H groups in total. The largest absolute Gasteiger partial charge is 0.497 e. The van der Waals surface area contributed by atoms with Gasteiger partial charge in [0, 0.05) is 13.2 Å². The van der Waals surface area contributed by atoms with E-state index >= 15 is 0 Å². The number of benzene rings is 2. The Morgan fingerprint density at radius 3 is 2.38 bits per heavy atom. The zero-order valence-electron chi connectivity index (χ0n) is 18.1. The molecule has 0 heterocycles. The molecule has 1 fully saturated rings. The summed E-state index contributed by atoms with van der Waals surface area (Å²) in [5.74, 6) is -0.440. The Balaban J connectivity index is 1.65. The van der Waals surface area contributed by atoms with E-state index in [1.165, 1.54) is 56.3 Å². The lowest BCUT2D eigenvalue weighted by Gasteiger charge is -2.24. The summed E-state index contributed by atoms with van der Waals surface area (Å²) in [5, 5.41) is 2.74. The molecule has 1 aliphatic carbocycles. The number of methoxy groups -OCH3 is 1. The normalized spacial score (nSPS) is 14.3. The van der Waals surface area contributed by atoms with Gasteiger partial charge in [0.05, 0.1) is 23.8 Å². The highest BCUT2D eigenvalue weighted by Gasteiger charge is 2.27. The number of ether oxygens (including phenoxy) is 2. The molecular weight excluding hydrogens is 435 g/mol. The molecular formula is C23H29FN2O5S. The first kappa shape index (κ1) is 24.0. The predicted octanol–water partition coefficient (Wildman–Crippen LogP) is 3.50. The number of nitrogens with one attached hydrogen (secondary N) is 1. The third kappa shape index (κ3) is 6.43. The van der Waals surface area contributed by atoms with E-state index < -0.39 is 28.3 Å².